The zero-order valence-corrected chi connectivity index (χ0v) is 12.3. The predicted molar refractivity (Wildman–Crippen MR) is 78.1 cm³/mol. The Labute approximate surface area is 117 Å². The molecule has 2 heterocycles. The lowest BCUT2D eigenvalue weighted by Crippen LogP contribution is -2.37. The standard InChI is InChI=1S/C15H29N3O/c1-13(12-18-7-2-3-8-18)10-17-15(19)9-14-5-4-6-16-11-14/h13-14,16H,2-12H2,1H3,(H,17,19). The summed E-state index contributed by atoms with van der Waals surface area (Å²) in [5, 5.41) is 6.48. The van der Waals surface area contributed by atoms with Gasteiger partial charge in [0.2, 0.25) is 5.91 Å². The van der Waals surface area contributed by atoms with Gasteiger partial charge in [-0.1, -0.05) is 6.92 Å². The Kier molecular flexibility index (Phi) is 6.11. The SMILES string of the molecule is CC(CNC(=O)CC1CCCNC1)CN1CCCC1. The molecule has 0 spiro atoms. The molecule has 2 aliphatic rings. The van der Waals surface area contributed by atoms with Crippen molar-refractivity contribution >= 4 is 5.91 Å². The summed E-state index contributed by atoms with van der Waals surface area (Å²) in [6.45, 7) is 8.81. The van der Waals surface area contributed by atoms with Gasteiger partial charge in [-0.3, -0.25) is 4.79 Å². The minimum absolute atomic E-state index is 0.238. The zero-order valence-electron chi connectivity index (χ0n) is 12.3. The minimum Gasteiger partial charge on any atom is -0.356 e. The van der Waals surface area contributed by atoms with E-state index in [0.29, 0.717) is 18.3 Å². The molecule has 0 aromatic heterocycles. The first kappa shape index (κ1) is 14.8. The number of amides is 1. The fraction of sp³-hybridized carbons (Fsp3) is 0.933. The van der Waals surface area contributed by atoms with Crippen molar-refractivity contribution in [2.24, 2.45) is 11.8 Å². The van der Waals surface area contributed by atoms with Crippen molar-refractivity contribution < 1.29 is 4.79 Å². The number of rotatable bonds is 6. The van der Waals surface area contributed by atoms with E-state index < -0.39 is 0 Å². The molecule has 2 atom stereocenters. The summed E-state index contributed by atoms with van der Waals surface area (Å²) in [5.41, 5.74) is 0. The van der Waals surface area contributed by atoms with Gasteiger partial charge in [0.15, 0.2) is 0 Å². The van der Waals surface area contributed by atoms with E-state index in [1.54, 1.807) is 0 Å². The average molecular weight is 267 g/mol. The Morgan fingerprint density at radius 2 is 2.16 bits per heavy atom. The van der Waals surface area contributed by atoms with E-state index in [9.17, 15) is 4.79 Å². The summed E-state index contributed by atoms with van der Waals surface area (Å²) < 4.78 is 0. The minimum atomic E-state index is 0.238. The second-order valence-electron chi connectivity index (χ2n) is 6.33. The summed E-state index contributed by atoms with van der Waals surface area (Å²) in [6.07, 6.45) is 5.79. The van der Waals surface area contributed by atoms with Crippen molar-refractivity contribution in [2.75, 3.05) is 39.3 Å². The van der Waals surface area contributed by atoms with Crippen LogP contribution in [0.1, 0.15) is 39.0 Å². The number of carbonyl (C=O) groups excluding carboxylic acids is 1. The molecule has 0 saturated carbocycles. The van der Waals surface area contributed by atoms with Gasteiger partial charge in [0.25, 0.3) is 0 Å². The van der Waals surface area contributed by atoms with Gasteiger partial charge in [-0.15, -0.1) is 0 Å². The van der Waals surface area contributed by atoms with Gasteiger partial charge in [-0.2, -0.15) is 0 Å². The van der Waals surface area contributed by atoms with E-state index >= 15 is 0 Å². The highest BCUT2D eigenvalue weighted by Crippen LogP contribution is 2.14. The van der Waals surface area contributed by atoms with Crippen LogP contribution in [-0.2, 0) is 4.79 Å². The van der Waals surface area contributed by atoms with E-state index in [2.05, 4.69) is 22.5 Å². The number of carbonyl (C=O) groups is 1. The topological polar surface area (TPSA) is 44.4 Å². The molecule has 4 nitrogen and oxygen atoms in total. The monoisotopic (exact) mass is 267 g/mol. The summed E-state index contributed by atoms with van der Waals surface area (Å²) in [6, 6.07) is 0. The molecule has 2 unspecified atom stereocenters. The highest BCUT2D eigenvalue weighted by molar-refractivity contribution is 5.76. The van der Waals surface area contributed by atoms with Crippen LogP contribution >= 0.6 is 0 Å². The highest BCUT2D eigenvalue weighted by Gasteiger charge is 2.18. The molecule has 2 N–H and O–H groups in total. The summed E-state index contributed by atoms with van der Waals surface area (Å²) in [4.78, 5) is 14.4. The maximum absolute atomic E-state index is 11.9. The van der Waals surface area contributed by atoms with Crippen molar-refractivity contribution in [1.29, 1.82) is 0 Å². The van der Waals surface area contributed by atoms with Crippen LogP contribution in [0.25, 0.3) is 0 Å². The van der Waals surface area contributed by atoms with Crippen LogP contribution < -0.4 is 10.6 Å². The maximum Gasteiger partial charge on any atom is 0.220 e. The lowest BCUT2D eigenvalue weighted by molar-refractivity contribution is -0.122. The fourth-order valence-corrected chi connectivity index (χ4v) is 3.19. The Balaban J connectivity index is 1.56. The number of nitrogens with one attached hydrogen (secondary N) is 2. The Morgan fingerprint density at radius 3 is 2.84 bits per heavy atom. The van der Waals surface area contributed by atoms with Gasteiger partial charge >= 0.3 is 0 Å². The molecule has 4 heteroatoms. The summed E-state index contributed by atoms with van der Waals surface area (Å²) in [5.74, 6) is 1.34. The molecule has 110 valence electrons. The van der Waals surface area contributed by atoms with E-state index in [1.165, 1.54) is 38.8 Å². The van der Waals surface area contributed by atoms with Gasteiger partial charge in [0.1, 0.15) is 0 Å². The molecule has 0 bridgehead atoms. The molecule has 0 aromatic carbocycles. The first-order valence-electron chi connectivity index (χ1n) is 7.94. The van der Waals surface area contributed by atoms with Gasteiger partial charge in [-0.05, 0) is 63.7 Å². The van der Waals surface area contributed by atoms with Crippen LogP contribution in [0.2, 0.25) is 0 Å². The Hall–Kier alpha value is -0.610. The molecule has 19 heavy (non-hydrogen) atoms. The third kappa shape index (κ3) is 5.49. The Morgan fingerprint density at radius 1 is 1.37 bits per heavy atom. The van der Waals surface area contributed by atoms with Crippen molar-refractivity contribution in [1.82, 2.24) is 15.5 Å². The van der Waals surface area contributed by atoms with Crippen molar-refractivity contribution in [2.45, 2.75) is 39.0 Å². The molecule has 2 saturated heterocycles. The quantitative estimate of drug-likeness (QED) is 0.761. The first-order valence-corrected chi connectivity index (χ1v) is 7.94. The van der Waals surface area contributed by atoms with Crippen LogP contribution in [0.15, 0.2) is 0 Å². The van der Waals surface area contributed by atoms with E-state index in [4.69, 9.17) is 0 Å². The molecule has 0 aromatic rings. The number of likely N-dealkylation sites (tertiary alicyclic amines) is 1. The molecule has 2 aliphatic heterocycles. The van der Waals surface area contributed by atoms with Crippen LogP contribution in [0, 0.1) is 11.8 Å². The average Bonchev–Trinajstić information content (AvgIpc) is 2.90. The molecule has 2 fully saturated rings. The highest BCUT2D eigenvalue weighted by atomic mass is 16.1. The van der Waals surface area contributed by atoms with E-state index in [0.717, 1.165) is 26.2 Å². The molecule has 2 rings (SSSR count). The largest absolute Gasteiger partial charge is 0.356 e. The third-order valence-corrected chi connectivity index (χ3v) is 4.29. The van der Waals surface area contributed by atoms with Crippen LogP contribution in [0.5, 0.6) is 0 Å². The van der Waals surface area contributed by atoms with Crippen LogP contribution in [0.3, 0.4) is 0 Å². The van der Waals surface area contributed by atoms with E-state index in [-0.39, 0.29) is 5.91 Å². The lowest BCUT2D eigenvalue weighted by Gasteiger charge is -2.23. The zero-order chi connectivity index (χ0) is 13.5. The first-order chi connectivity index (χ1) is 9.24. The molecular formula is C15H29N3O. The van der Waals surface area contributed by atoms with Crippen LogP contribution in [-0.4, -0.2) is 50.1 Å². The molecule has 0 radical (unpaired) electrons. The second kappa shape index (κ2) is 7.85. The van der Waals surface area contributed by atoms with Crippen molar-refractivity contribution in [3.8, 4) is 0 Å². The maximum atomic E-state index is 11.9. The lowest BCUT2D eigenvalue weighted by atomic mass is 9.96. The normalized spacial score (nSPS) is 26.3. The number of nitrogens with zero attached hydrogens (tertiary/aromatic N) is 1. The van der Waals surface area contributed by atoms with Crippen LogP contribution in [0.4, 0.5) is 0 Å². The predicted octanol–water partition coefficient (Wildman–Crippen LogP) is 1.22. The fourth-order valence-electron chi connectivity index (χ4n) is 3.19. The van der Waals surface area contributed by atoms with Gasteiger partial charge < -0.3 is 15.5 Å². The van der Waals surface area contributed by atoms with Gasteiger partial charge in [0.05, 0.1) is 0 Å². The van der Waals surface area contributed by atoms with Crippen molar-refractivity contribution in [3.05, 3.63) is 0 Å². The molecule has 0 aliphatic carbocycles. The third-order valence-electron chi connectivity index (χ3n) is 4.29. The summed E-state index contributed by atoms with van der Waals surface area (Å²) in [7, 11) is 0. The number of piperidine rings is 1. The molecule has 1 amide bonds. The summed E-state index contributed by atoms with van der Waals surface area (Å²) >= 11 is 0. The van der Waals surface area contributed by atoms with Gasteiger partial charge in [-0.25, -0.2) is 0 Å². The smallest absolute Gasteiger partial charge is 0.220 e. The molecular weight excluding hydrogens is 238 g/mol. The van der Waals surface area contributed by atoms with E-state index in [1.807, 2.05) is 0 Å². The number of hydrogen-bond donors (Lipinski definition) is 2. The van der Waals surface area contributed by atoms with Gasteiger partial charge in [0, 0.05) is 19.5 Å². The second-order valence-corrected chi connectivity index (χ2v) is 6.33. The number of hydrogen-bond acceptors (Lipinski definition) is 3. The Bertz CT molecular complexity index is 271. The van der Waals surface area contributed by atoms with Crippen molar-refractivity contribution in [3.63, 3.8) is 0 Å².